The number of nitrogens with zero attached hydrogens (tertiary/aromatic N) is 2. The molecule has 0 radical (unpaired) electrons. The van der Waals surface area contributed by atoms with Crippen LogP contribution in [-0.4, -0.2) is 20.6 Å². The molecule has 31 heavy (non-hydrogen) atoms. The van der Waals surface area contributed by atoms with E-state index in [1.54, 1.807) is 19.1 Å². The van der Waals surface area contributed by atoms with Crippen LogP contribution < -0.4 is 10.9 Å². The molecule has 4 rings (SSSR count). The van der Waals surface area contributed by atoms with Crippen molar-refractivity contribution in [2.45, 2.75) is 33.7 Å². The lowest BCUT2D eigenvalue weighted by Crippen LogP contribution is -2.31. The quantitative estimate of drug-likeness (QED) is 0.446. The number of fused-ring (bicyclic) bond motifs is 1. The van der Waals surface area contributed by atoms with Gasteiger partial charge in [-0.2, -0.15) is 0 Å². The summed E-state index contributed by atoms with van der Waals surface area (Å²) in [6.07, 6.45) is 1.44. The van der Waals surface area contributed by atoms with Gasteiger partial charge >= 0.3 is 0 Å². The number of carbonyl (C=O) groups is 1. The molecule has 2 aromatic heterocycles. The molecule has 4 aromatic rings. The van der Waals surface area contributed by atoms with E-state index in [0.29, 0.717) is 15.9 Å². The molecular formula is C24H23N3O3S. The van der Waals surface area contributed by atoms with Gasteiger partial charge in [-0.1, -0.05) is 18.2 Å². The van der Waals surface area contributed by atoms with Crippen LogP contribution in [0.1, 0.15) is 29.0 Å². The number of phenolic OH excluding ortho intramolecular Hbond substituents is 1. The van der Waals surface area contributed by atoms with Crippen molar-refractivity contribution in [2.75, 3.05) is 5.32 Å². The Kier molecular flexibility index (Phi) is 5.37. The Hall–Kier alpha value is -3.45. The number of phenols is 1. The maximum Gasteiger partial charge on any atom is 0.263 e. The van der Waals surface area contributed by atoms with Crippen molar-refractivity contribution >= 4 is 33.1 Å². The van der Waals surface area contributed by atoms with Gasteiger partial charge in [0.1, 0.15) is 16.6 Å². The Balaban J connectivity index is 1.76. The molecule has 6 nitrogen and oxygen atoms in total. The number of carbonyl (C=O) groups excluding carboxylic acids is 1. The van der Waals surface area contributed by atoms with Gasteiger partial charge in [0, 0.05) is 16.1 Å². The van der Waals surface area contributed by atoms with E-state index in [2.05, 4.69) is 36.3 Å². The van der Waals surface area contributed by atoms with Gasteiger partial charge in [0.15, 0.2) is 0 Å². The number of rotatable bonds is 4. The van der Waals surface area contributed by atoms with E-state index in [9.17, 15) is 14.7 Å². The van der Waals surface area contributed by atoms with Gasteiger partial charge in [-0.15, -0.1) is 11.3 Å². The van der Waals surface area contributed by atoms with Crippen LogP contribution in [0, 0.1) is 20.8 Å². The van der Waals surface area contributed by atoms with E-state index in [1.165, 1.54) is 39.9 Å². The van der Waals surface area contributed by atoms with E-state index < -0.39 is 6.04 Å². The van der Waals surface area contributed by atoms with Gasteiger partial charge in [-0.3, -0.25) is 14.2 Å². The number of benzene rings is 2. The molecule has 0 spiro atoms. The average Bonchev–Trinajstić information content (AvgIpc) is 3.08. The fourth-order valence-corrected chi connectivity index (χ4v) is 4.56. The summed E-state index contributed by atoms with van der Waals surface area (Å²) >= 11 is 1.48. The summed E-state index contributed by atoms with van der Waals surface area (Å²) in [5, 5.41) is 12.7. The summed E-state index contributed by atoms with van der Waals surface area (Å²) in [6.45, 7) is 7.76. The zero-order chi connectivity index (χ0) is 22.3. The number of hydrogen-bond donors (Lipinski definition) is 2. The monoisotopic (exact) mass is 433 g/mol. The predicted molar refractivity (Wildman–Crippen MR) is 125 cm³/mol. The summed E-state index contributed by atoms with van der Waals surface area (Å²) in [6, 6.07) is 11.6. The number of aromatic nitrogens is 2. The van der Waals surface area contributed by atoms with Crippen molar-refractivity contribution in [3.8, 4) is 16.9 Å². The van der Waals surface area contributed by atoms with E-state index in [-0.39, 0.29) is 17.2 Å². The number of nitrogens with one attached hydrogen (secondary N) is 1. The second-order valence-electron chi connectivity index (χ2n) is 7.68. The molecule has 2 aromatic carbocycles. The lowest BCUT2D eigenvalue weighted by Gasteiger charge is -2.15. The van der Waals surface area contributed by atoms with Crippen LogP contribution in [0.5, 0.6) is 5.75 Å². The molecule has 1 unspecified atom stereocenters. The maximum absolute atomic E-state index is 13.4. The highest BCUT2D eigenvalue weighted by Gasteiger charge is 2.22. The van der Waals surface area contributed by atoms with Crippen molar-refractivity contribution < 1.29 is 9.90 Å². The van der Waals surface area contributed by atoms with E-state index in [1.807, 2.05) is 13.0 Å². The molecule has 0 bridgehead atoms. The molecule has 0 aliphatic rings. The summed E-state index contributed by atoms with van der Waals surface area (Å²) in [5.41, 5.74) is 4.50. The van der Waals surface area contributed by atoms with Crippen LogP contribution >= 0.6 is 11.3 Å². The minimum atomic E-state index is -0.758. The minimum absolute atomic E-state index is 0.114. The summed E-state index contributed by atoms with van der Waals surface area (Å²) < 4.78 is 1.37. The van der Waals surface area contributed by atoms with Crippen molar-refractivity contribution in [2.24, 2.45) is 0 Å². The zero-order valence-corrected chi connectivity index (χ0v) is 18.6. The molecule has 1 amide bonds. The zero-order valence-electron chi connectivity index (χ0n) is 17.8. The van der Waals surface area contributed by atoms with Crippen LogP contribution in [0.4, 0.5) is 5.69 Å². The molecule has 0 saturated heterocycles. The van der Waals surface area contributed by atoms with Gasteiger partial charge in [-0.05, 0) is 68.7 Å². The molecule has 0 aliphatic carbocycles. The van der Waals surface area contributed by atoms with Crippen LogP contribution in [0.15, 0.2) is 53.6 Å². The summed E-state index contributed by atoms with van der Waals surface area (Å²) in [7, 11) is 0. The number of anilines is 1. The normalized spacial score (nSPS) is 12.1. The number of amides is 1. The third-order valence-electron chi connectivity index (χ3n) is 5.54. The SMILES string of the molecule is Cc1ccc(-c2c(C)sc3ncn(C(C)C(=O)Nc4ccc(O)cc4)c(=O)c23)cc1C. The highest BCUT2D eigenvalue weighted by atomic mass is 32.1. The van der Waals surface area contributed by atoms with Crippen molar-refractivity contribution in [1.82, 2.24) is 9.55 Å². The predicted octanol–water partition coefficient (Wildman–Crippen LogP) is 4.96. The first kappa shape index (κ1) is 20.8. The third kappa shape index (κ3) is 3.84. The fourth-order valence-electron chi connectivity index (χ4n) is 3.55. The van der Waals surface area contributed by atoms with Crippen molar-refractivity contribution in [3.63, 3.8) is 0 Å². The first-order valence-electron chi connectivity index (χ1n) is 9.94. The second-order valence-corrected chi connectivity index (χ2v) is 8.88. The Morgan fingerprint density at radius 1 is 1.10 bits per heavy atom. The molecule has 7 heteroatoms. The molecule has 2 N–H and O–H groups in total. The van der Waals surface area contributed by atoms with Gasteiger partial charge in [0.25, 0.3) is 5.56 Å². The average molecular weight is 434 g/mol. The summed E-state index contributed by atoms with van der Waals surface area (Å²) in [4.78, 5) is 32.4. The topological polar surface area (TPSA) is 84.2 Å². The van der Waals surface area contributed by atoms with Crippen LogP contribution in [-0.2, 0) is 4.79 Å². The lowest BCUT2D eigenvalue weighted by molar-refractivity contribution is -0.118. The van der Waals surface area contributed by atoms with Crippen LogP contribution in [0.2, 0.25) is 0 Å². The first-order chi connectivity index (χ1) is 14.8. The molecule has 2 heterocycles. The van der Waals surface area contributed by atoms with E-state index >= 15 is 0 Å². The van der Waals surface area contributed by atoms with Gasteiger partial charge in [0.2, 0.25) is 5.91 Å². The maximum atomic E-state index is 13.4. The number of hydrogen-bond acceptors (Lipinski definition) is 5. The van der Waals surface area contributed by atoms with Crippen LogP contribution in [0.3, 0.4) is 0 Å². The van der Waals surface area contributed by atoms with E-state index in [4.69, 9.17) is 0 Å². The van der Waals surface area contributed by atoms with Gasteiger partial charge in [0.05, 0.1) is 11.7 Å². The standard InChI is InChI=1S/C24H23N3O3S/c1-13-5-6-17(11-14(13)2)20-16(4)31-23-21(20)24(30)27(12-25-23)15(3)22(29)26-18-7-9-19(28)10-8-18/h5-12,15,28H,1-4H3,(H,26,29). The summed E-state index contributed by atoms with van der Waals surface area (Å²) in [5.74, 6) is -0.225. The van der Waals surface area contributed by atoms with Gasteiger partial charge in [-0.25, -0.2) is 4.98 Å². The molecule has 1 atom stereocenters. The molecule has 0 aliphatic heterocycles. The number of aromatic hydroxyl groups is 1. The smallest absolute Gasteiger partial charge is 0.263 e. The fraction of sp³-hybridized carbons (Fsp3) is 0.208. The Labute approximate surface area is 183 Å². The first-order valence-corrected chi connectivity index (χ1v) is 10.8. The molecule has 0 fully saturated rings. The highest BCUT2D eigenvalue weighted by molar-refractivity contribution is 7.19. The molecular weight excluding hydrogens is 410 g/mol. The van der Waals surface area contributed by atoms with Gasteiger partial charge < -0.3 is 10.4 Å². The number of thiophene rings is 1. The molecule has 0 saturated carbocycles. The van der Waals surface area contributed by atoms with Crippen LogP contribution in [0.25, 0.3) is 21.3 Å². The second kappa shape index (κ2) is 8.00. The molecule has 158 valence electrons. The highest BCUT2D eigenvalue weighted by Crippen LogP contribution is 2.36. The van der Waals surface area contributed by atoms with Crippen molar-refractivity contribution in [1.29, 1.82) is 0 Å². The largest absolute Gasteiger partial charge is 0.508 e. The minimum Gasteiger partial charge on any atom is -0.508 e. The Morgan fingerprint density at radius 3 is 2.48 bits per heavy atom. The Morgan fingerprint density at radius 2 is 1.81 bits per heavy atom. The third-order valence-corrected chi connectivity index (χ3v) is 6.55. The Bertz CT molecular complexity index is 1350. The van der Waals surface area contributed by atoms with E-state index in [0.717, 1.165) is 21.6 Å². The number of aryl methyl sites for hydroxylation is 3. The lowest BCUT2D eigenvalue weighted by atomic mass is 9.99. The van der Waals surface area contributed by atoms with Crippen molar-refractivity contribution in [3.05, 3.63) is 75.1 Å².